The van der Waals surface area contributed by atoms with E-state index < -0.39 is 0 Å². The van der Waals surface area contributed by atoms with E-state index in [9.17, 15) is 0 Å². The number of benzene rings is 1. The molecule has 3 nitrogen and oxygen atoms in total. The van der Waals surface area contributed by atoms with Crippen LogP contribution < -0.4 is 10.6 Å². The quantitative estimate of drug-likeness (QED) is 0.895. The van der Waals surface area contributed by atoms with Crippen LogP contribution in [0.4, 0.5) is 5.69 Å². The Labute approximate surface area is 130 Å². The summed E-state index contributed by atoms with van der Waals surface area (Å²) < 4.78 is 1.15. The first-order chi connectivity index (χ1) is 9.76. The van der Waals surface area contributed by atoms with Gasteiger partial charge in [-0.15, -0.1) is 0 Å². The molecule has 2 N–H and O–H groups in total. The van der Waals surface area contributed by atoms with Crippen LogP contribution in [-0.2, 0) is 6.42 Å². The number of halogens is 1. The SMILES string of the molecule is NCCc1cc(Br)ccc1N1CCN(CC2CC2)CC1. The number of rotatable bonds is 5. The van der Waals surface area contributed by atoms with Crippen molar-refractivity contribution >= 4 is 21.6 Å². The van der Waals surface area contributed by atoms with Gasteiger partial charge in [0.1, 0.15) is 0 Å². The lowest BCUT2D eigenvalue weighted by molar-refractivity contribution is 0.248. The van der Waals surface area contributed by atoms with Gasteiger partial charge in [0.05, 0.1) is 0 Å². The Bertz CT molecular complexity index is 451. The van der Waals surface area contributed by atoms with Crippen LogP contribution in [0.3, 0.4) is 0 Å². The van der Waals surface area contributed by atoms with Gasteiger partial charge in [-0.25, -0.2) is 0 Å². The van der Waals surface area contributed by atoms with Crippen molar-refractivity contribution in [2.45, 2.75) is 19.3 Å². The van der Waals surface area contributed by atoms with Crippen LogP contribution in [0, 0.1) is 5.92 Å². The van der Waals surface area contributed by atoms with Crippen molar-refractivity contribution in [3.8, 4) is 0 Å². The minimum absolute atomic E-state index is 0.713. The fourth-order valence-electron chi connectivity index (χ4n) is 3.06. The van der Waals surface area contributed by atoms with Gasteiger partial charge < -0.3 is 10.6 Å². The monoisotopic (exact) mass is 337 g/mol. The molecule has 1 aromatic carbocycles. The summed E-state index contributed by atoms with van der Waals surface area (Å²) in [6.07, 6.45) is 3.86. The Hall–Kier alpha value is -0.580. The maximum atomic E-state index is 5.75. The first kappa shape index (κ1) is 14.4. The van der Waals surface area contributed by atoms with Gasteiger partial charge in [0.25, 0.3) is 0 Å². The van der Waals surface area contributed by atoms with Crippen molar-refractivity contribution in [1.29, 1.82) is 0 Å². The van der Waals surface area contributed by atoms with Gasteiger partial charge >= 0.3 is 0 Å². The van der Waals surface area contributed by atoms with Crippen molar-refractivity contribution in [1.82, 2.24) is 4.90 Å². The van der Waals surface area contributed by atoms with Crippen LogP contribution in [-0.4, -0.2) is 44.2 Å². The molecule has 1 heterocycles. The zero-order valence-electron chi connectivity index (χ0n) is 12.0. The predicted octanol–water partition coefficient (Wildman–Crippen LogP) is 2.48. The van der Waals surface area contributed by atoms with Crippen LogP contribution in [0.25, 0.3) is 0 Å². The van der Waals surface area contributed by atoms with Crippen LogP contribution in [0.1, 0.15) is 18.4 Å². The highest BCUT2D eigenvalue weighted by atomic mass is 79.9. The van der Waals surface area contributed by atoms with E-state index in [0.29, 0.717) is 6.54 Å². The zero-order chi connectivity index (χ0) is 13.9. The molecule has 0 unspecified atom stereocenters. The average molecular weight is 338 g/mol. The first-order valence-corrected chi connectivity index (χ1v) is 8.51. The summed E-state index contributed by atoms with van der Waals surface area (Å²) in [5.41, 5.74) is 8.50. The van der Waals surface area contributed by atoms with Gasteiger partial charge in [-0.3, -0.25) is 4.90 Å². The molecule has 0 bridgehead atoms. The fraction of sp³-hybridized carbons (Fsp3) is 0.625. The molecule has 2 aliphatic rings. The van der Waals surface area contributed by atoms with Crippen LogP contribution in [0.15, 0.2) is 22.7 Å². The normalized spacial score (nSPS) is 20.4. The summed E-state index contributed by atoms with van der Waals surface area (Å²) in [4.78, 5) is 5.16. The number of piperazine rings is 1. The highest BCUT2D eigenvalue weighted by Gasteiger charge is 2.26. The van der Waals surface area contributed by atoms with Gasteiger partial charge in [-0.2, -0.15) is 0 Å². The molecular formula is C16H24BrN3. The van der Waals surface area contributed by atoms with Crippen molar-refractivity contribution in [2.24, 2.45) is 11.7 Å². The van der Waals surface area contributed by atoms with Crippen LogP contribution in [0.2, 0.25) is 0 Å². The van der Waals surface area contributed by atoms with Crippen molar-refractivity contribution in [3.63, 3.8) is 0 Å². The van der Waals surface area contributed by atoms with Crippen LogP contribution >= 0.6 is 15.9 Å². The van der Waals surface area contributed by atoms with E-state index in [0.717, 1.165) is 29.9 Å². The molecule has 1 aliphatic heterocycles. The lowest BCUT2D eigenvalue weighted by Gasteiger charge is -2.37. The molecule has 0 atom stereocenters. The number of nitrogens with zero attached hydrogens (tertiary/aromatic N) is 2. The third kappa shape index (κ3) is 3.54. The summed E-state index contributed by atoms with van der Waals surface area (Å²) in [6, 6.07) is 6.61. The number of nitrogens with two attached hydrogens (primary N) is 1. The Morgan fingerprint density at radius 1 is 1.15 bits per heavy atom. The second-order valence-corrected chi connectivity index (χ2v) is 6.96. The Morgan fingerprint density at radius 3 is 2.55 bits per heavy atom. The number of anilines is 1. The number of hydrogen-bond acceptors (Lipinski definition) is 3. The van der Waals surface area contributed by atoms with Gasteiger partial charge in [0, 0.05) is 42.9 Å². The van der Waals surface area contributed by atoms with Gasteiger partial charge in [0.15, 0.2) is 0 Å². The lowest BCUT2D eigenvalue weighted by atomic mass is 10.1. The molecule has 110 valence electrons. The van der Waals surface area contributed by atoms with E-state index in [1.54, 1.807) is 0 Å². The lowest BCUT2D eigenvalue weighted by Crippen LogP contribution is -2.47. The number of hydrogen-bond donors (Lipinski definition) is 1. The first-order valence-electron chi connectivity index (χ1n) is 7.72. The predicted molar refractivity (Wildman–Crippen MR) is 88.3 cm³/mol. The maximum Gasteiger partial charge on any atom is 0.0400 e. The molecule has 1 saturated carbocycles. The molecule has 1 aliphatic carbocycles. The van der Waals surface area contributed by atoms with E-state index in [-0.39, 0.29) is 0 Å². The summed E-state index contributed by atoms with van der Waals surface area (Å²) in [6.45, 7) is 6.73. The Balaban J connectivity index is 1.64. The van der Waals surface area contributed by atoms with Gasteiger partial charge in [-0.05, 0) is 55.5 Å². The van der Waals surface area contributed by atoms with E-state index in [1.807, 2.05) is 0 Å². The molecule has 1 saturated heterocycles. The fourth-order valence-corrected chi connectivity index (χ4v) is 3.46. The summed E-state index contributed by atoms with van der Waals surface area (Å²) in [5, 5.41) is 0. The molecule has 0 spiro atoms. The highest BCUT2D eigenvalue weighted by molar-refractivity contribution is 9.10. The van der Waals surface area contributed by atoms with E-state index in [1.165, 1.54) is 43.7 Å². The smallest absolute Gasteiger partial charge is 0.0400 e. The minimum Gasteiger partial charge on any atom is -0.369 e. The molecule has 1 aromatic rings. The standard InChI is InChI=1S/C16H24BrN3/c17-15-3-4-16(14(11-15)5-6-18)20-9-7-19(8-10-20)12-13-1-2-13/h3-4,11,13H,1-2,5-10,12,18H2. The van der Waals surface area contributed by atoms with Crippen molar-refractivity contribution < 1.29 is 0 Å². The molecule has 3 rings (SSSR count). The average Bonchev–Trinajstić information content (AvgIpc) is 3.25. The van der Waals surface area contributed by atoms with Crippen molar-refractivity contribution in [2.75, 3.05) is 44.2 Å². The second-order valence-electron chi connectivity index (χ2n) is 6.04. The summed E-state index contributed by atoms with van der Waals surface area (Å²) in [7, 11) is 0. The van der Waals surface area contributed by atoms with Crippen LogP contribution in [0.5, 0.6) is 0 Å². The molecule has 2 fully saturated rings. The van der Waals surface area contributed by atoms with Gasteiger partial charge in [-0.1, -0.05) is 15.9 Å². The molecule has 20 heavy (non-hydrogen) atoms. The molecular weight excluding hydrogens is 314 g/mol. The third-order valence-corrected chi connectivity index (χ3v) is 4.87. The van der Waals surface area contributed by atoms with Gasteiger partial charge in [0.2, 0.25) is 0 Å². The van der Waals surface area contributed by atoms with E-state index in [2.05, 4.69) is 43.9 Å². The zero-order valence-corrected chi connectivity index (χ0v) is 13.6. The molecule has 4 heteroatoms. The summed E-state index contributed by atoms with van der Waals surface area (Å²) in [5.74, 6) is 1.00. The highest BCUT2D eigenvalue weighted by Crippen LogP contribution is 2.31. The summed E-state index contributed by atoms with van der Waals surface area (Å²) >= 11 is 3.57. The third-order valence-electron chi connectivity index (χ3n) is 4.38. The topological polar surface area (TPSA) is 32.5 Å². The largest absolute Gasteiger partial charge is 0.369 e. The Morgan fingerprint density at radius 2 is 1.90 bits per heavy atom. The van der Waals surface area contributed by atoms with E-state index in [4.69, 9.17) is 5.73 Å². The maximum absolute atomic E-state index is 5.75. The van der Waals surface area contributed by atoms with E-state index >= 15 is 0 Å². The molecule has 0 aromatic heterocycles. The second kappa shape index (κ2) is 6.46. The molecule has 0 radical (unpaired) electrons. The van der Waals surface area contributed by atoms with Crippen molar-refractivity contribution in [3.05, 3.63) is 28.2 Å². The minimum atomic E-state index is 0.713. The Kier molecular flexibility index (Phi) is 4.64. The molecule has 0 amide bonds.